The van der Waals surface area contributed by atoms with Gasteiger partial charge < -0.3 is 15.0 Å². The molecule has 0 fully saturated rings. The maximum absolute atomic E-state index is 10.5. The van der Waals surface area contributed by atoms with E-state index in [2.05, 4.69) is 16.0 Å². The molecule has 1 aliphatic heterocycles. The van der Waals surface area contributed by atoms with E-state index < -0.39 is 0 Å². The van der Waals surface area contributed by atoms with E-state index in [1.807, 2.05) is 56.0 Å². The highest BCUT2D eigenvalue weighted by Crippen LogP contribution is 2.32. The van der Waals surface area contributed by atoms with Gasteiger partial charge in [-0.3, -0.25) is 5.41 Å². The summed E-state index contributed by atoms with van der Waals surface area (Å²) in [6.45, 7) is 6.36. The average Bonchev–Trinajstić information content (AvgIpc) is 3.08. The first kappa shape index (κ1) is 15.4. The molecule has 0 amide bonds. The Labute approximate surface area is 146 Å². The summed E-state index contributed by atoms with van der Waals surface area (Å²) in [4.78, 5) is 9.67. The van der Waals surface area contributed by atoms with Gasteiger partial charge in [0, 0.05) is 5.69 Å². The van der Waals surface area contributed by atoms with Crippen molar-refractivity contribution in [2.75, 3.05) is 11.4 Å². The molecule has 0 saturated carbocycles. The molecule has 0 atom stereocenters. The number of nitrogens with one attached hydrogen (secondary N) is 2. The topological polar surface area (TPSA) is 76.0 Å². The lowest BCUT2D eigenvalue weighted by Gasteiger charge is -2.19. The van der Waals surface area contributed by atoms with Gasteiger partial charge in [0.1, 0.15) is 17.4 Å². The van der Waals surface area contributed by atoms with Crippen molar-refractivity contribution in [1.82, 2.24) is 9.97 Å². The fourth-order valence-corrected chi connectivity index (χ4v) is 3.45. The number of imidazole rings is 1. The number of anilines is 1. The van der Waals surface area contributed by atoms with Crippen LogP contribution < -0.4 is 4.90 Å². The van der Waals surface area contributed by atoms with Gasteiger partial charge >= 0.3 is 0 Å². The van der Waals surface area contributed by atoms with Crippen LogP contribution >= 0.6 is 0 Å². The molecule has 25 heavy (non-hydrogen) atoms. The van der Waals surface area contributed by atoms with E-state index in [-0.39, 0.29) is 18.1 Å². The van der Waals surface area contributed by atoms with Crippen molar-refractivity contribution in [2.45, 2.75) is 20.8 Å². The smallest absolute Gasteiger partial charge is 0.145 e. The number of aromatic amines is 1. The molecule has 0 saturated heterocycles. The summed E-state index contributed by atoms with van der Waals surface area (Å²) in [5.74, 6) is 0.971. The van der Waals surface area contributed by atoms with Gasteiger partial charge in [0.2, 0.25) is 0 Å². The second kappa shape index (κ2) is 5.48. The summed E-state index contributed by atoms with van der Waals surface area (Å²) < 4.78 is 0. The van der Waals surface area contributed by atoms with Crippen LogP contribution in [0.2, 0.25) is 0 Å². The van der Waals surface area contributed by atoms with Crippen LogP contribution in [0.1, 0.15) is 22.5 Å². The number of aliphatic hydroxyl groups is 1. The number of aryl methyl sites for hydroxylation is 3. The highest BCUT2D eigenvalue weighted by Gasteiger charge is 2.31. The lowest BCUT2D eigenvalue weighted by atomic mass is 10.1. The third-order valence-corrected chi connectivity index (χ3v) is 4.57. The Morgan fingerprint density at radius 3 is 2.52 bits per heavy atom. The van der Waals surface area contributed by atoms with Crippen LogP contribution in [-0.4, -0.2) is 27.5 Å². The number of para-hydroxylation sites is 1. The fourth-order valence-electron chi connectivity index (χ4n) is 3.45. The molecular formula is C20H20N4O. The van der Waals surface area contributed by atoms with Crippen molar-refractivity contribution >= 4 is 28.1 Å². The molecule has 5 nitrogen and oxygen atoms in total. The molecule has 0 radical (unpaired) electrons. The third kappa shape index (κ3) is 2.48. The second-order valence-corrected chi connectivity index (χ2v) is 6.66. The Morgan fingerprint density at radius 1 is 1.12 bits per heavy atom. The largest absolute Gasteiger partial charge is 0.509 e. The minimum atomic E-state index is 0.167. The Hall–Kier alpha value is -3.08. The zero-order valence-corrected chi connectivity index (χ0v) is 14.5. The van der Waals surface area contributed by atoms with Crippen LogP contribution in [0.4, 0.5) is 5.69 Å². The summed E-state index contributed by atoms with van der Waals surface area (Å²) >= 11 is 0. The number of hydrogen-bond acceptors (Lipinski definition) is 3. The third-order valence-electron chi connectivity index (χ3n) is 4.57. The summed E-state index contributed by atoms with van der Waals surface area (Å²) in [7, 11) is 0. The van der Waals surface area contributed by atoms with Gasteiger partial charge in [-0.05, 0) is 55.7 Å². The minimum Gasteiger partial charge on any atom is -0.509 e. The molecule has 2 heterocycles. The van der Waals surface area contributed by atoms with Gasteiger partial charge in [-0.15, -0.1) is 0 Å². The highest BCUT2D eigenvalue weighted by atomic mass is 16.3. The molecule has 0 aliphatic carbocycles. The Bertz CT molecular complexity index is 1020. The first-order chi connectivity index (χ1) is 11.9. The summed E-state index contributed by atoms with van der Waals surface area (Å²) in [6.07, 6.45) is 0. The van der Waals surface area contributed by atoms with E-state index in [0.29, 0.717) is 11.4 Å². The van der Waals surface area contributed by atoms with E-state index in [9.17, 15) is 5.11 Å². The van der Waals surface area contributed by atoms with Crippen molar-refractivity contribution in [3.05, 3.63) is 64.7 Å². The molecule has 1 aromatic heterocycles. The van der Waals surface area contributed by atoms with Gasteiger partial charge in [-0.25, -0.2) is 4.98 Å². The van der Waals surface area contributed by atoms with Gasteiger partial charge in [-0.1, -0.05) is 18.2 Å². The monoisotopic (exact) mass is 332 g/mol. The van der Waals surface area contributed by atoms with E-state index >= 15 is 0 Å². The standard InChI is InChI=1S/C20H20N4O/c1-11-7-12(2)9-14(8-11)24-10-16(25)17(19(24)21)20-22-15-6-4-5-13(3)18(15)23-20/h4-9,21,25H,10H2,1-3H3,(H,22,23). The van der Waals surface area contributed by atoms with Gasteiger partial charge in [0.05, 0.1) is 23.2 Å². The minimum absolute atomic E-state index is 0.167. The molecule has 0 spiro atoms. The molecule has 3 aromatic rings. The summed E-state index contributed by atoms with van der Waals surface area (Å²) in [6, 6.07) is 12.1. The average molecular weight is 332 g/mol. The van der Waals surface area contributed by atoms with Crippen molar-refractivity contribution < 1.29 is 5.11 Å². The number of fused-ring (bicyclic) bond motifs is 1. The molecule has 0 unspecified atom stereocenters. The molecule has 2 aromatic carbocycles. The molecule has 3 N–H and O–H groups in total. The molecule has 5 heteroatoms. The number of aliphatic hydroxyl groups excluding tert-OH is 1. The quantitative estimate of drug-likeness (QED) is 0.656. The lowest BCUT2D eigenvalue weighted by molar-refractivity contribution is 0.411. The van der Waals surface area contributed by atoms with Gasteiger partial charge in [0.15, 0.2) is 0 Å². The van der Waals surface area contributed by atoms with E-state index in [1.54, 1.807) is 0 Å². The Morgan fingerprint density at radius 2 is 1.84 bits per heavy atom. The predicted octanol–water partition coefficient (Wildman–Crippen LogP) is 4.25. The molecule has 126 valence electrons. The van der Waals surface area contributed by atoms with Gasteiger partial charge in [0.25, 0.3) is 0 Å². The molecule has 0 bridgehead atoms. The number of benzene rings is 2. The SMILES string of the molecule is Cc1cc(C)cc(N2CC(O)=C(c3nc4c(C)cccc4[nH]3)C2=N)c1. The van der Waals surface area contributed by atoms with Crippen LogP contribution in [0.25, 0.3) is 16.6 Å². The maximum Gasteiger partial charge on any atom is 0.145 e. The Balaban J connectivity index is 1.76. The van der Waals surface area contributed by atoms with E-state index in [0.717, 1.165) is 33.4 Å². The first-order valence-corrected chi connectivity index (χ1v) is 8.26. The zero-order chi connectivity index (χ0) is 17.7. The number of H-pyrrole nitrogens is 1. The zero-order valence-electron chi connectivity index (χ0n) is 14.5. The van der Waals surface area contributed by atoms with Crippen LogP contribution in [-0.2, 0) is 0 Å². The van der Waals surface area contributed by atoms with Crippen LogP contribution in [0.15, 0.2) is 42.2 Å². The fraction of sp³-hybridized carbons (Fsp3) is 0.200. The number of rotatable bonds is 2. The summed E-state index contributed by atoms with van der Waals surface area (Å²) in [5, 5.41) is 19.1. The maximum atomic E-state index is 10.5. The van der Waals surface area contributed by atoms with Gasteiger partial charge in [-0.2, -0.15) is 0 Å². The van der Waals surface area contributed by atoms with Crippen molar-refractivity contribution in [2.24, 2.45) is 0 Å². The molecule has 1 aliphatic rings. The van der Waals surface area contributed by atoms with Crippen molar-refractivity contribution in [3.63, 3.8) is 0 Å². The normalized spacial score (nSPS) is 14.8. The predicted molar refractivity (Wildman–Crippen MR) is 101 cm³/mol. The number of amidine groups is 1. The highest BCUT2D eigenvalue weighted by molar-refractivity contribution is 6.30. The van der Waals surface area contributed by atoms with Crippen LogP contribution in [0, 0.1) is 26.2 Å². The summed E-state index contributed by atoms with van der Waals surface area (Å²) in [5.41, 5.74) is 6.50. The van der Waals surface area contributed by atoms with Crippen molar-refractivity contribution in [1.29, 1.82) is 5.41 Å². The van der Waals surface area contributed by atoms with Crippen LogP contribution in [0.5, 0.6) is 0 Å². The molecule has 4 rings (SSSR count). The van der Waals surface area contributed by atoms with Crippen LogP contribution in [0.3, 0.4) is 0 Å². The van der Waals surface area contributed by atoms with E-state index in [1.165, 1.54) is 0 Å². The number of nitrogens with zero attached hydrogens (tertiary/aromatic N) is 2. The van der Waals surface area contributed by atoms with Crippen molar-refractivity contribution in [3.8, 4) is 0 Å². The molecular weight excluding hydrogens is 312 g/mol. The lowest BCUT2D eigenvalue weighted by Crippen LogP contribution is -2.26. The van der Waals surface area contributed by atoms with E-state index in [4.69, 9.17) is 5.41 Å². The first-order valence-electron chi connectivity index (χ1n) is 8.26. The second-order valence-electron chi connectivity index (χ2n) is 6.66. The number of aromatic nitrogens is 2. The number of hydrogen-bond donors (Lipinski definition) is 3. The Kier molecular flexibility index (Phi) is 3.39.